The zero-order valence-corrected chi connectivity index (χ0v) is 9.31. The lowest BCUT2D eigenvalue weighted by molar-refractivity contribution is 0.602. The Morgan fingerprint density at radius 1 is 1.23 bits per heavy atom. The summed E-state index contributed by atoms with van der Waals surface area (Å²) in [7, 11) is -3.09. The maximum absolute atomic E-state index is 11.1. The van der Waals surface area contributed by atoms with Crippen molar-refractivity contribution in [1.82, 2.24) is 0 Å². The summed E-state index contributed by atoms with van der Waals surface area (Å²) < 4.78 is 22.1. The molecule has 0 N–H and O–H groups in total. The van der Waals surface area contributed by atoms with E-state index in [-0.39, 0.29) is 0 Å². The van der Waals surface area contributed by atoms with E-state index in [1.54, 1.807) is 24.3 Å². The number of benzene rings is 1. The summed E-state index contributed by atoms with van der Waals surface area (Å²) >= 11 is 2.96. The van der Waals surface area contributed by atoms with Crippen LogP contribution in [0, 0.1) is 10.8 Å². The summed E-state index contributed by atoms with van der Waals surface area (Å²) in [6.45, 7) is 0. The molecule has 4 heteroatoms. The minimum absolute atomic E-state index is 0.313. The van der Waals surface area contributed by atoms with Gasteiger partial charge in [-0.3, -0.25) is 0 Å². The zero-order valence-electron chi connectivity index (χ0n) is 6.91. The second-order valence-electron chi connectivity index (χ2n) is 2.52. The first-order chi connectivity index (χ1) is 6.04. The fourth-order valence-electron chi connectivity index (χ4n) is 0.840. The van der Waals surface area contributed by atoms with Crippen molar-refractivity contribution in [2.45, 2.75) is 4.90 Å². The van der Waals surface area contributed by atoms with Crippen molar-refractivity contribution in [2.24, 2.45) is 0 Å². The Labute approximate surface area is 86.0 Å². The Morgan fingerprint density at radius 3 is 2.15 bits per heavy atom. The summed E-state index contributed by atoms with van der Waals surface area (Å²) in [6.07, 6.45) is 1.18. The normalized spacial score (nSPS) is 10.3. The molecule has 0 aliphatic heterocycles. The second kappa shape index (κ2) is 3.95. The van der Waals surface area contributed by atoms with E-state index < -0.39 is 9.84 Å². The highest BCUT2D eigenvalue weighted by Gasteiger charge is 2.04. The monoisotopic (exact) mass is 258 g/mol. The molecule has 1 aromatic carbocycles. The van der Waals surface area contributed by atoms with Gasteiger partial charge in [0.1, 0.15) is 0 Å². The molecule has 0 radical (unpaired) electrons. The SMILES string of the molecule is CS(=O)(=O)c1ccc(C#CBr)cc1. The summed E-state index contributed by atoms with van der Waals surface area (Å²) in [5.41, 5.74) is 0.782. The van der Waals surface area contributed by atoms with Crippen LogP contribution < -0.4 is 0 Å². The van der Waals surface area contributed by atoms with E-state index in [0.717, 1.165) is 5.56 Å². The lowest BCUT2D eigenvalue weighted by Gasteiger charge is -1.96. The van der Waals surface area contributed by atoms with Crippen molar-refractivity contribution < 1.29 is 8.42 Å². The number of sulfone groups is 1. The van der Waals surface area contributed by atoms with Crippen LogP contribution >= 0.6 is 15.9 Å². The fraction of sp³-hybridized carbons (Fsp3) is 0.111. The molecule has 0 heterocycles. The molecule has 1 rings (SSSR count). The van der Waals surface area contributed by atoms with Crippen molar-refractivity contribution >= 4 is 25.8 Å². The quantitative estimate of drug-likeness (QED) is 0.720. The van der Waals surface area contributed by atoms with E-state index in [1.165, 1.54) is 6.26 Å². The highest BCUT2D eigenvalue weighted by atomic mass is 79.9. The Kier molecular flexibility index (Phi) is 3.12. The molecule has 0 saturated heterocycles. The topological polar surface area (TPSA) is 34.1 Å². The molecule has 0 unspecified atom stereocenters. The van der Waals surface area contributed by atoms with Gasteiger partial charge in [0.15, 0.2) is 9.84 Å². The van der Waals surface area contributed by atoms with Crippen LogP contribution in [0.2, 0.25) is 0 Å². The van der Waals surface area contributed by atoms with Gasteiger partial charge in [0.25, 0.3) is 0 Å². The first-order valence-corrected chi connectivity index (χ1v) is 6.14. The van der Waals surface area contributed by atoms with Crippen LogP contribution in [-0.2, 0) is 9.84 Å². The average Bonchev–Trinajstić information content (AvgIpc) is 2.04. The van der Waals surface area contributed by atoms with Gasteiger partial charge in [-0.25, -0.2) is 8.42 Å². The molecule has 0 spiro atoms. The molecule has 0 fully saturated rings. The van der Waals surface area contributed by atoms with Crippen LogP contribution in [0.3, 0.4) is 0 Å². The maximum Gasteiger partial charge on any atom is 0.175 e. The molecule has 0 saturated carbocycles. The fourth-order valence-corrected chi connectivity index (χ4v) is 1.70. The average molecular weight is 259 g/mol. The third kappa shape index (κ3) is 2.87. The molecule has 0 aromatic heterocycles. The van der Waals surface area contributed by atoms with Gasteiger partial charge in [0.05, 0.1) is 4.90 Å². The van der Waals surface area contributed by atoms with Crippen LogP contribution in [0.5, 0.6) is 0 Å². The van der Waals surface area contributed by atoms with E-state index in [9.17, 15) is 8.42 Å². The number of hydrogen-bond donors (Lipinski definition) is 0. The molecule has 1 aromatic rings. The molecule has 0 amide bonds. The van der Waals surface area contributed by atoms with E-state index in [1.807, 2.05) is 0 Å². The highest BCUT2D eigenvalue weighted by molar-refractivity contribution is 9.12. The molecule has 0 atom stereocenters. The van der Waals surface area contributed by atoms with Gasteiger partial charge in [-0.2, -0.15) is 0 Å². The molecule has 0 aliphatic carbocycles. The summed E-state index contributed by atoms with van der Waals surface area (Å²) in [6, 6.07) is 6.43. The van der Waals surface area contributed by atoms with E-state index >= 15 is 0 Å². The van der Waals surface area contributed by atoms with E-state index in [2.05, 4.69) is 26.7 Å². The molecule has 68 valence electrons. The third-order valence-corrected chi connectivity index (χ3v) is 2.80. The minimum Gasteiger partial charge on any atom is -0.224 e. The van der Waals surface area contributed by atoms with Crippen molar-refractivity contribution in [3.63, 3.8) is 0 Å². The van der Waals surface area contributed by atoms with E-state index in [4.69, 9.17) is 0 Å². The van der Waals surface area contributed by atoms with Gasteiger partial charge in [0.2, 0.25) is 0 Å². The predicted molar refractivity (Wildman–Crippen MR) is 55.4 cm³/mol. The van der Waals surface area contributed by atoms with Gasteiger partial charge in [-0.1, -0.05) is 5.92 Å². The zero-order chi connectivity index (χ0) is 9.90. The van der Waals surface area contributed by atoms with Crippen LogP contribution in [-0.4, -0.2) is 14.7 Å². The Bertz CT molecular complexity index is 449. The Balaban J connectivity index is 3.13. The Morgan fingerprint density at radius 2 is 1.77 bits per heavy atom. The minimum atomic E-state index is -3.09. The van der Waals surface area contributed by atoms with Gasteiger partial charge < -0.3 is 0 Å². The van der Waals surface area contributed by atoms with Crippen molar-refractivity contribution in [1.29, 1.82) is 0 Å². The van der Waals surface area contributed by atoms with E-state index in [0.29, 0.717) is 4.90 Å². The first kappa shape index (κ1) is 10.3. The summed E-state index contributed by atoms with van der Waals surface area (Å²) in [5.74, 6) is 2.76. The van der Waals surface area contributed by atoms with Crippen molar-refractivity contribution in [3.05, 3.63) is 29.8 Å². The second-order valence-corrected chi connectivity index (χ2v) is 4.93. The molecular weight excluding hydrogens is 252 g/mol. The largest absolute Gasteiger partial charge is 0.224 e. The first-order valence-electron chi connectivity index (χ1n) is 3.46. The number of hydrogen-bond acceptors (Lipinski definition) is 2. The molecular formula is C9H7BrO2S. The number of rotatable bonds is 1. The highest BCUT2D eigenvalue weighted by Crippen LogP contribution is 2.09. The number of halogens is 1. The molecule has 2 nitrogen and oxygen atoms in total. The molecule has 13 heavy (non-hydrogen) atoms. The maximum atomic E-state index is 11.1. The molecule has 0 bridgehead atoms. The standard InChI is InChI=1S/C9H7BrO2S/c1-13(11,12)9-4-2-8(3-5-9)6-7-10/h2-5H,1H3. The molecule has 0 aliphatic rings. The predicted octanol–water partition coefficient (Wildman–Crippen LogP) is 1.79. The van der Waals surface area contributed by atoms with Crippen molar-refractivity contribution in [3.8, 4) is 10.8 Å². The third-order valence-electron chi connectivity index (χ3n) is 1.47. The van der Waals surface area contributed by atoms with Gasteiger partial charge in [-0.15, -0.1) is 0 Å². The Hall–Kier alpha value is -0.790. The van der Waals surface area contributed by atoms with Crippen LogP contribution in [0.25, 0.3) is 0 Å². The van der Waals surface area contributed by atoms with Crippen LogP contribution in [0.15, 0.2) is 29.2 Å². The summed E-state index contributed by atoms with van der Waals surface area (Å²) in [5, 5.41) is 0. The van der Waals surface area contributed by atoms with Gasteiger partial charge >= 0.3 is 0 Å². The lowest BCUT2D eigenvalue weighted by atomic mass is 10.2. The summed E-state index contributed by atoms with van der Waals surface area (Å²) in [4.78, 5) is 2.87. The van der Waals surface area contributed by atoms with Crippen LogP contribution in [0.4, 0.5) is 0 Å². The lowest BCUT2D eigenvalue weighted by Crippen LogP contribution is -1.96. The van der Waals surface area contributed by atoms with Gasteiger partial charge in [-0.05, 0) is 29.1 Å². The van der Waals surface area contributed by atoms with Crippen molar-refractivity contribution in [2.75, 3.05) is 6.26 Å². The van der Waals surface area contributed by atoms with Crippen LogP contribution in [0.1, 0.15) is 5.56 Å². The smallest absolute Gasteiger partial charge is 0.175 e. The van der Waals surface area contributed by atoms with Gasteiger partial charge in [0, 0.05) is 27.7 Å².